The van der Waals surface area contributed by atoms with Crippen LogP contribution < -0.4 is 0 Å². The van der Waals surface area contributed by atoms with E-state index in [4.69, 9.17) is 0 Å². The molecular weight excluding hydrogens is 200 g/mol. The van der Waals surface area contributed by atoms with Gasteiger partial charge in [0.2, 0.25) is 0 Å². The summed E-state index contributed by atoms with van der Waals surface area (Å²) in [6.07, 6.45) is 0. The quantitative estimate of drug-likeness (QED) is 0.620. The molecule has 0 atom stereocenters. The van der Waals surface area contributed by atoms with Gasteiger partial charge in [0.05, 0.1) is 0 Å². The lowest BCUT2D eigenvalue weighted by Crippen LogP contribution is -2.49. The van der Waals surface area contributed by atoms with Gasteiger partial charge in [-0.25, -0.2) is 0 Å². The Balaban J connectivity index is 2.09. The second-order valence-corrected chi connectivity index (χ2v) is 5.29. The van der Waals surface area contributed by atoms with Crippen molar-refractivity contribution >= 4 is 0 Å². The van der Waals surface area contributed by atoms with Crippen LogP contribution in [-0.2, 0) is 0 Å². The first kappa shape index (κ1) is 13.9. The fraction of sp³-hybridized carbons (Fsp3) is 1.00. The maximum Gasteiger partial charge on any atom is 0.0110 e. The van der Waals surface area contributed by atoms with Gasteiger partial charge < -0.3 is 9.80 Å². The van der Waals surface area contributed by atoms with E-state index >= 15 is 0 Å². The van der Waals surface area contributed by atoms with E-state index in [-0.39, 0.29) is 0 Å². The van der Waals surface area contributed by atoms with Crippen LogP contribution in [0.4, 0.5) is 0 Å². The lowest BCUT2D eigenvalue weighted by atomic mass is 10.3. The van der Waals surface area contributed by atoms with Gasteiger partial charge in [0, 0.05) is 52.4 Å². The summed E-state index contributed by atoms with van der Waals surface area (Å²) in [5.41, 5.74) is 0. The molecule has 4 heteroatoms. The fourth-order valence-corrected chi connectivity index (χ4v) is 1.92. The maximum atomic E-state index is 2.58. The third-order valence-electron chi connectivity index (χ3n) is 3.19. The number of piperazine rings is 1. The van der Waals surface area contributed by atoms with E-state index < -0.39 is 0 Å². The molecule has 1 rings (SSSR count). The number of hydrogen-bond donors (Lipinski definition) is 0. The van der Waals surface area contributed by atoms with Crippen molar-refractivity contribution in [1.82, 2.24) is 19.6 Å². The average Bonchev–Trinajstić information content (AvgIpc) is 2.25. The van der Waals surface area contributed by atoms with Crippen molar-refractivity contribution in [1.29, 1.82) is 0 Å². The Labute approximate surface area is 101 Å². The van der Waals surface area contributed by atoms with Gasteiger partial charge >= 0.3 is 0 Å². The van der Waals surface area contributed by atoms with Crippen LogP contribution in [0.3, 0.4) is 0 Å². The highest BCUT2D eigenvalue weighted by atomic mass is 15.3. The van der Waals surface area contributed by atoms with Gasteiger partial charge in [-0.3, -0.25) is 9.80 Å². The van der Waals surface area contributed by atoms with E-state index in [9.17, 15) is 0 Å². The normalized spacial score (nSPS) is 19.9. The monoisotopic (exact) mass is 228 g/mol. The number of rotatable bonds is 6. The van der Waals surface area contributed by atoms with E-state index in [1.807, 2.05) is 0 Å². The predicted molar refractivity (Wildman–Crippen MR) is 70.0 cm³/mol. The SMILES string of the molecule is CN(C)CCN1CCN(CCN(C)C)CC1. The summed E-state index contributed by atoms with van der Waals surface area (Å²) >= 11 is 0. The summed E-state index contributed by atoms with van der Waals surface area (Å²) in [4.78, 5) is 9.68. The molecule has 0 aliphatic carbocycles. The molecule has 96 valence electrons. The highest BCUT2D eigenvalue weighted by Gasteiger charge is 2.16. The minimum atomic E-state index is 1.18. The average molecular weight is 228 g/mol. The van der Waals surface area contributed by atoms with Crippen molar-refractivity contribution in [3.63, 3.8) is 0 Å². The van der Waals surface area contributed by atoms with Crippen molar-refractivity contribution in [3.8, 4) is 0 Å². The molecule has 16 heavy (non-hydrogen) atoms. The molecule has 0 aromatic rings. The molecule has 0 bridgehead atoms. The largest absolute Gasteiger partial charge is 0.308 e. The molecule has 0 unspecified atom stereocenters. The Bertz CT molecular complexity index is 154. The summed E-state index contributed by atoms with van der Waals surface area (Å²) in [7, 11) is 8.58. The van der Waals surface area contributed by atoms with Gasteiger partial charge in [-0.1, -0.05) is 0 Å². The molecule has 4 nitrogen and oxygen atoms in total. The van der Waals surface area contributed by atoms with Crippen molar-refractivity contribution < 1.29 is 0 Å². The third kappa shape index (κ3) is 5.80. The Hall–Kier alpha value is -0.160. The lowest BCUT2D eigenvalue weighted by Gasteiger charge is -2.35. The molecule has 0 N–H and O–H groups in total. The van der Waals surface area contributed by atoms with Gasteiger partial charge in [-0.15, -0.1) is 0 Å². The second-order valence-electron chi connectivity index (χ2n) is 5.29. The van der Waals surface area contributed by atoms with Crippen molar-refractivity contribution in [2.24, 2.45) is 0 Å². The van der Waals surface area contributed by atoms with Crippen LogP contribution >= 0.6 is 0 Å². The molecule has 0 aromatic heterocycles. The zero-order valence-corrected chi connectivity index (χ0v) is 11.4. The van der Waals surface area contributed by atoms with Crippen LogP contribution in [0, 0.1) is 0 Å². The van der Waals surface area contributed by atoms with Crippen molar-refractivity contribution in [2.45, 2.75) is 0 Å². The van der Waals surface area contributed by atoms with Crippen LogP contribution in [0.5, 0.6) is 0 Å². The van der Waals surface area contributed by atoms with E-state index in [1.165, 1.54) is 52.4 Å². The van der Waals surface area contributed by atoms with E-state index in [2.05, 4.69) is 47.8 Å². The van der Waals surface area contributed by atoms with E-state index in [1.54, 1.807) is 0 Å². The molecule has 1 aliphatic rings. The first-order valence-electron chi connectivity index (χ1n) is 6.32. The Morgan fingerprint density at radius 3 is 1.25 bits per heavy atom. The molecular formula is C12H28N4. The van der Waals surface area contributed by atoms with E-state index in [0.717, 1.165) is 0 Å². The minimum absolute atomic E-state index is 1.18. The number of hydrogen-bond acceptors (Lipinski definition) is 4. The molecule has 1 saturated heterocycles. The zero-order valence-electron chi connectivity index (χ0n) is 11.4. The van der Waals surface area contributed by atoms with Crippen LogP contribution in [-0.4, -0.2) is 100 Å². The van der Waals surface area contributed by atoms with Crippen LogP contribution in [0.25, 0.3) is 0 Å². The van der Waals surface area contributed by atoms with Crippen molar-refractivity contribution in [3.05, 3.63) is 0 Å². The smallest absolute Gasteiger partial charge is 0.0110 e. The minimum Gasteiger partial charge on any atom is -0.308 e. The summed E-state index contributed by atoms with van der Waals surface area (Å²) in [6.45, 7) is 9.74. The highest BCUT2D eigenvalue weighted by molar-refractivity contribution is 4.72. The van der Waals surface area contributed by atoms with Crippen molar-refractivity contribution in [2.75, 3.05) is 80.5 Å². The Morgan fingerprint density at radius 2 is 1.00 bits per heavy atom. The maximum absolute atomic E-state index is 2.58. The third-order valence-corrected chi connectivity index (χ3v) is 3.19. The van der Waals surface area contributed by atoms with Gasteiger partial charge in [0.15, 0.2) is 0 Å². The molecule has 0 saturated carbocycles. The molecule has 0 amide bonds. The molecule has 1 aliphatic heterocycles. The molecule has 0 aromatic carbocycles. The number of likely N-dealkylation sites (N-methyl/N-ethyl adjacent to an activating group) is 2. The summed E-state index contributed by atoms with van der Waals surface area (Å²) in [5, 5.41) is 0. The summed E-state index contributed by atoms with van der Waals surface area (Å²) in [6, 6.07) is 0. The Morgan fingerprint density at radius 1 is 0.688 bits per heavy atom. The molecule has 0 radical (unpaired) electrons. The van der Waals surface area contributed by atoms with Crippen LogP contribution in [0.1, 0.15) is 0 Å². The second kappa shape index (κ2) is 7.22. The highest BCUT2D eigenvalue weighted by Crippen LogP contribution is 2.01. The van der Waals surface area contributed by atoms with Crippen LogP contribution in [0.2, 0.25) is 0 Å². The standard InChI is InChI=1S/C12H28N4/c1-13(2)5-7-15-9-11-16(12-10-15)8-6-14(3)4/h5-12H2,1-4H3. The summed E-state index contributed by atoms with van der Waals surface area (Å²) in [5.74, 6) is 0. The van der Waals surface area contributed by atoms with Gasteiger partial charge in [0.1, 0.15) is 0 Å². The topological polar surface area (TPSA) is 13.0 Å². The first-order chi connectivity index (χ1) is 7.58. The van der Waals surface area contributed by atoms with E-state index in [0.29, 0.717) is 0 Å². The Kier molecular flexibility index (Phi) is 6.28. The summed E-state index contributed by atoms with van der Waals surface area (Å²) < 4.78 is 0. The van der Waals surface area contributed by atoms with Gasteiger partial charge in [-0.05, 0) is 28.2 Å². The lowest BCUT2D eigenvalue weighted by molar-refractivity contribution is 0.119. The predicted octanol–water partition coefficient (Wildman–Crippen LogP) is -0.273. The molecule has 0 spiro atoms. The molecule has 1 heterocycles. The fourth-order valence-electron chi connectivity index (χ4n) is 1.92. The first-order valence-corrected chi connectivity index (χ1v) is 6.32. The van der Waals surface area contributed by atoms with Crippen LogP contribution in [0.15, 0.2) is 0 Å². The van der Waals surface area contributed by atoms with Gasteiger partial charge in [-0.2, -0.15) is 0 Å². The van der Waals surface area contributed by atoms with Gasteiger partial charge in [0.25, 0.3) is 0 Å². The zero-order chi connectivity index (χ0) is 12.0. The molecule has 1 fully saturated rings. The number of nitrogens with zero attached hydrogens (tertiary/aromatic N) is 4.